The standard InChI is InChI=1S/C10H21N/c1-7-6-8(2)10(4)11(5)9(7)3/h7-10H,6H2,1-5H3/t7-,8+,9-,10+. The third-order valence-corrected chi connectivity index (χ3v) is 3.68. The van der Waals surface area contributed by atoms with E-state index in [9.17, 15) is 0 Å². The van der Waals surface area contributed by atoms with E-state index >= 15 is 0 Å². The van der Waals surface area contributed by atoms with Crippen LogP contribution in [0.1, 0.15) is 34.1 Å². The zero-order valence-corrected chi connectivity index (χ0v) is 8.46. The molecule has 11 heavy (non-hydrogen) atoms. The molecule has 0 unspecified atom stereocenters. The molecule has 4 atom stereocenters. The van der Waals surface area contributed by atoms with Crippen LogP contribution < -0.4 is 0 Å². The van der Waals surface area contributed by atoms with Crippen molar-refractivity contribution in [2.75, 3.05) is 7.05 Å². The van der Waals surface area contributed by atoms with Crippen LogP contribution in [0, 0.1) is 11.8 Å². The maximum Gasteiger partial charge on any atom is 0.00925 e. The van der Waals surface area contributed by atoms with Crippen molar-refractivity contribution in [2.45, 2.75) is 46.2 Å². The zero-order valence-electron chi connectivity index (χ0n) is 8.46. The van der Waals surface area contributed by atoms with Gasteiger partial charge >= 0.3 is 0 Å². The zero-order chi connectivity index (χ0) is 8.59. The van der Waals surface area contributed by atoms with Crippen molar-refractivity contribution in [2.24, 2.45) is 11.8 Å². The fourth-order valence-corrected chi connectivity index (χ4v) is 2.15. The quantitative estimate of drug-likeness (QED) is 0.519. The van der Waals surface area contributed by atoms with Gasteiger partial charge in [-0.25, -0.2) is 0 Å². The Kier molecular flexibility index (Phi) is 2.58. The summed E-state index contributed by atoms with van der Waals surface area (Å²) in [7, 11) is 2.25. The van der Waals surface area contributed by atoms with Crippen LogP contribution in [0.25, 0.3) is 0 Å². The van der Waals surface area contributed by atoms with Crippen molar-refractivity contribution in [3.05, 3.63) is 0 Å². The molecule has 1 heteroatoms. The van der Waals surface area contributed by atoms with E-state index in [4.69, 9.17) is 0 Å². The van der Waals surface area contributed by atoms with E-state index in [-0.39, 0.29) is 0 Å². The first-order valence-electron chi connectivity index (χ1n) is 4.76. The number of likely N-dealkylation sites (tertiary alicyclic amines) is 1. The van der Waals surface area contributed by atoms with Gasteiger partial charge in [0.05, 0.1) is 0 Å². The van der Waals surface area contributed by atoms with E-state index in [0.717, 1.165) is 23.9 Å². The lowest BCUT2D eigenvalue weighted by atomic mass is 9.82. The predicted octanol–water partition coefficient (Wildman–Crippen LogP) is 2.37. The molecule has 0 aromatic rings. The summed E-state index contributed by atoms with van der Waals surface area (Å²) < 4.78 is 0. The monoisotopic (exact) mass is 155 g/mol. The Morgan fingerprint density at radius 2 is 1.27 bits per heavy atom. The summed E-state index contributed by atoms with van der Waals surface area (Å²) in [4.78, 5) is 2.51. The molecule has 0 radical (unpaired) electrons. The average Bonchev–Trinajstić information content (AvgIpc) is 1.97. The van der Waals surface area contributed by atoms with Crippen molar-refractivity contribution in [1.82, 2.24) is 4.90 Å². The molecule has 0 bridgehead atoms. The SMILES string of the molecule is C[C@@H]1C[C@H](C)[C@H](C)N(C)[C@@H]1C. The highest BCUT2D eigenvalue weighted by molar-refractivity contribution is 4.85. The Hall–Kier alpha value is -0.0400. The second-order valence-electron chi connectivity index (χ2n) is 4.34. The first-order valence-corrected chi connectivity index (χ1v) is 4.76. The van der Waals surface area contributed by atoms with Crippen LogP contribution in [0.2, 0.25) is 0 Å². The van der Waals surface area contributed by atoms with Crippen molar-refractivity contribution in [3.8, 4) is 0 Å². The van der Waals surface area contributed by atoms with Gasteiger partial charge in [0, 0.05) is 12.1 Å². The number of hydrogen-bond acceptors (Lipinski definition) is 1. The van der Waals surface area contributed by atoms with Gasteiger partial charge in [-0.1, -0.05) is 13.8 Å². The molecule has 0 spiro atoms. The number of hydrogen-bond donors (Lipinski definition) is 0. The van der Waals surface area contributed by atoms with Gasteiger partial charge in [-0.05, 0) is 39.2 Å². The molecule has 0 N–H and O–H groups in total. The lowest BCUT2D eigenvalue weighted by Gasteiger charge is -2.44. The summed E-state index contributed by atoms with van der Waals surface area (Å²) in [5.74, 6) is 1.73. The second-order valence-corrected chi connectivity index (χ2v) is 4.34. The van der Waals surface area contributed by atoms with Gasteiger partial charge in [-0.2, -0.15) is 0 Å². The van der Waals surface area contributed by atoms with E-state index in [1.165, 1.54) is 6.42 Å². The van der Waals surface area contributed by atoms with Crippen LogP contribution in [0.3, 0.4) is 0 Å². The number of rotatable bonds is 0. The third kappa shape index (κ3) is 1.58. The van der Waals surface area contributed by atoms with Crippen molar-refractivity contribution < 1.29 is 0 Å². The van der Waals surface area contributed by atoms with Gasteiger partial charge in [0.2, 0.25) is 0 Å². The minimum absolute atomic E-state index is 0.765. The first-order chi connectivity index (χ1) is 5.04. The van der Waals surface area contributed by atoms with Crippen LogP contribution in [0.4, 0.5) is 0 Å². The normalized spacial score (nSPS) is 47.7. The Morgan fingerprint density at radius 1 is 0.909 bits per heavy atom. The lowest BCUT2D eigenvalue weighted by molar-refractivity contribution is 0.0519. The van der Waals surface area contributed by atoms with Crippen molar-refractivity contribution in [3.63, 3.8) is 0 Å². The third-order valence-electron chi connectivity index (χ3n) is 3.68. The van der Waals surface area contributed by atoms with Crippen LogP contribution >= 0.6 is 0 Å². The second kappa shape index (κ2) is 3.14. The van der Waals surface area contributed by atoms with E-state index in [1.54, 1.807) is 0 Å². The average molecular weight is 155 g/mol. The molecule has 0 amide bonds. The minimum atomic E-state index is 0.765. The van der Waals surface area contributed by atoms with Crippen molar-refractivity contribution in [1.29, 1.82) is 0 Å². The van der Waals surface area contributed by atoms with E-state index < -0.39 is 0 Å². The van der Waals surface area contributed by atoms with Crippen LogP contribution in [0.5, 0.6) is 0 Å². The molecule has 66 valence electrons. The highest BCUT2D eigenvalue weighted by Gasteiger charge is 2.31. The molecular formula is C10H21N. The maximum atomic E-state index is 2.51. The largest absolute Gasteiger partial charge is 0.300 e. The molecule has 1 aliphatic rings. The Balaban J connectivity index is 2.63. The smallest absolute Gasteiger partial charge is 0.00925 e. The van der Waals surface area contributed by atoms with E-state index in [1.807, 2.05) is 0 Å². The molecule has 1 nitrogen and oxygen atoms in total. The Bertz CT molecular complexity index is 119. The molecule has 1 rings (SSSR count). The predicted molar refractivity (Wildman–Crippen MR) is 49.6 cm³/mol. The fraction of sp³-hybridized carbons (Fsp3) is 1.00. The van der Waals surface area contributed by atoms with E-state index in [0.29, 0.717) is 0 Å². The highest BCUT2D eigenvalue weighted by Crippen LogP contribution is 2.30. The van der Waals surface area contributed by atoms with Gasteiger partial charge in [-0.3, -0.25) is 0 Å². The first kappa shape index (κ1) is 9.05. The van der Waals surface area contributed by atoms with Gasteiger partial charge < -0.3 is 4.90 Å². The molecule has 0 aromatic heterocycles. The highest BCUT2D eigenvalue weighted by atomic mass is 15.2. The molecule has 0 saturated carbocycles. The Labute approximate surface area is 70.8 Å². The van der Waals surface area contributed by atoms with Gasteiger partial charge in [-0.15, -0.1) is 0 Å². The summed E-state index contributed by atoms with van der Waals surface area (Å²) in [5, 5.41) is 0. The summed E-state index contributed by atoms with van der Waals surface area (Å²) >= 11 is 0. The summed E-state index contributed by atoms with van der Waals surface area (Å²) in [6.07, 6.45) is 1.40. The van der Waals surface area contributed by atoms with E-state index in [2.05, 4.69) is 39.6 Å². The lowest BCUT2D eigenvalue weighted by Crippen LogP contribution is -2.48. The van der Waals surface area contributed by atoms with Crippen molar-refractivity contribution >= 4 is 0 Å². The number of nitrogens with zero attached hydrogens (tertiary/aromatic N) is 1. The van der Waals surface area contributed by atoms with Gasteiger partial charge in [0.1, 0.15) is 0 Å². The molecular weight excluding hydrogens is 134 g/mol. The molecule has 1 saturated heterocycles. The maximum absolute atomic E-state index is 2.51. The molecule has 0 aliphatic carbocycles. The molecule has 1 fully saturated rings. The molecule has 0 aromatic carbocycles. The Morgan fingerprint density at radius 3 is 1.64 bits per heavy atom. The fourth-order valence-electron chi connectivity index (χ4n) is 2.15. The van der Waals surface area contributed by atoms with Gasteiger partial charge in [0.25, 0.3) is 0 Å². The van der Waals surface area contributed by atoms with Crippen LogP contribution in [0.15, 0.2) is 0 Å². The summed E-state index contributed by atoms with van der Waals surface area (Å²) in [5.41, 5.74) is 0. The van der Waals surface area contributed by atoms with Crippen LogP contribution in [-0.2, 0) is 0 Å². The topological polar surface area (TPSA) is 3.24 Å². The van der Waals surface area contributed by atoms with Crippen LogP contribution in [-0.4, -0.2) is 24.0 Å². The minimum Gasteiger partial charge on any atom is -0.300 e. The molecule has 1 aliphatic heterocycles. The van der Waals surface area contributed by atoms with Gasteiger partial charge in [0.15, 0.2) is 0 Å². The number of piperidine rings is 1. The molecule has 1 heterocycles. The summed E-state index contributed by atoms with van der Waals surface area (Å²) in [6.45, 7) is 9.41. The summed E-state index contributed by atoms with van der Waals surface area (Å²) in [6, 6.07) is 1.53.